The Balaban J connectivity index is 4.36. The van der Waals surface area contributed by atoms with Gasteiger partial charge in [-0.1, -0.05) is 32.9 Å². The maximum Gasteiger partial charge on any atom is 0.0281 e. The van der Waals surface area contributed by atoms with Gasteiger partial charge in [-0.3, -0.25) is 4.90 Å². The van der Waals surface area contributed by atoms with Gasteiger partial charge in [-0.15, -0.1) is 0 Å². The lowest BCUT2D eigenvalue weighted by molar-refractivity contribution is 0.189. The van der Waals surface area contributed by atoms with Crippen LogP contribution in [0.3, 0.4) is 0 Å². The highest BCUT2D eigenvalue weighted by atomic mass is 15.2. The van der Waals surface area contributed by atoms with Crippen LogP contribution in [0.5, 0.6) is 0 Å². The molecule has 0 bridgehead atoms. The molecule has 0 aliphatic heterocycles. The molecule has 0 aromatic carbocycles. The molecule has 1 nitrogen and oxygen atoms in total. The monoisotopic (exact) mass is 183 g/mol. The first-order valence-corrected chi connectivity index (χ1v) is 5.36. The third-order valence-electron chi connectivity index (χ3n) is 2.80. The van der Waals surface area contributed by atoms with Gasteiger partial charge in [0.25, 0.3) is 0 Å². The van der Waals surface area contributed by atoms with E-state index in [9.17, 15) is 0 Å². The van der Waals surface area contributed by atoms with E-state index in [1.54, 1.807) is 0 Å². The Labute approximate surface area is 83.8 Å². The molecule has 0 saturated carbocycles. The Morgan fingerprint density at radius 3 is 1.85 bits per heavy atom. The van der Waals surface area contributed by atoms with Gasteiger partial charge in [-0.05, 0) is 33.2 Å². The summed E-state index contributed by atoms with van der Waals surface area (Å²) in [6.45, 7) is 18.7. The fourth-order valence-corrected chi connectivity index (χ4v) is 1.78. The molecule has 0 aromatic rings. The lowest BCUT2D eigenvalue weighted by atomic mass is 9.97. The number of hydrogen-bond donors (Lipinski definition) is 0. The molecule has 0 aromatic heterocycles. The molecule has 0 N–H and O–H groups in total. The summed E-state index contributed by atoms with van der Waals surface area (Å²) in [5.41, 5.74) is 1.34. The van der Waals surface area contributed by atoms with E-state index in [1.165, 1.54) is 5.57 Å². The summed E-state index contributed by atoms with van der Waals surface area (Å²) in [7, 11) is 0. The van der Waals surface area contributed by atoms with Crippen LogP contribution in [-0.4, -0.2) is 23.5 Å². The van der Waals surface area contributed by atoms with Gasteiger partial charge in [0.15, 0.2) is 0 Å². The molecule has 0 amide bonds. The number of nitrogens with zero attached hydrogens (tertiary/aromatic N) is 1. The molecule has 1 unspecified atom stereocenters. The molecule has 0 spiro atoms. The maximum absolute atomic E-state index is 4.16. The second kappa shape index (κ2) is 5.43. The van der Waals surface area contributed by atoms with E-state index in [0.717, 1.165) is 6.54 Å². The van der Waals surface area contributed by atoms with E-state index in [1.807, 2.05) is 0 Å². The van der Waals surface area contributed by atoms with Gasteiger partial charge in [-0.2, -0.15) is 0 Å². The molecule has 1 heteroatoms. The van der Waals surface area contributed by atoms with Crippen molar-refractivity contribution >= 4 is 0 Å². The van der Waals surface area contributed by atoms with Crippen molar-refractivity contribution in [3.05, 3.63) is 12.2 Å². The van der Waals surface area contributed by atoms with Crippen molar-refractivity contribution in [2.24, 2.45) is 5.92 Å². The first-order chi connectivity index (χ1) is 5.91. The molecule has 78 valence electrons. The minimum Gasteiger partial charge on any atom is -0.295 e. The third-order valence-corrected chi connectivity index (χ3v) is 2.80. The quantitative estimate of drug-likeness (QED) is 0.591. The van der Waals surface area contributed by atoms with Crippen LogP contribution in [-0.2, 0) is 0 Å². The summed E-state index contributed by atoms with van der Waals surface area (Å²) in [5, 5.41) is 0. The first-order valence-electron chi connectivity index (χ1n) is 5.36. The summed E-state index contributed by atoms with van der Waals surface area (Å²) in [6.07, 6.45) is 0. The van der Waals surface area contributed by atoms with Crippen molar-refractivity contribution in [1.29, 1.82) is 0 Å². The van der Waals surface area contributed by atoms with Crippen molar-refractivity contribution < 1.29 is 0 Å². The van der Waals surface area contributed by atoms with Crippen molar-refractivity contribution in [1.82, 2.24) is 4.90 Å². The van der Waals surface area contributed by atoms with Gasteiger partial charge in [0.05, 0.1) is 0 Å². The second-order valence-electron chi connectivity index (χ2n) is 4.33. The molecule has 0 aliphatic rings. The van der Waals surface area contributed by atoms with Crippen LogP contribution >= 0.6 is 0 Å². The Bertz CT molecular complexity index is 159. The predicted octanol–water partition coefficient (Wildman–Crippen LogP) is 3.32. The van der Waals surface area contributed by atoms with Gasteiger partial charge < -0.3 is 0 Å². The van der Waals surface area contributed by atoms with Crippen LogP contribution in [0, 0.1) is 5.92 Å². The van der Waals surface area contributed by atoms with Gasteiger partial charge in [0.1, 0.15) is 0 Å². The number of hydrogen-bond acceptors (Lipinski definition) is 1. The average molecular weight is 183 g/mol. The number of rotatable bonds is 5. The van der Waals surface area contributed by atoms with Crippen LogP contribution in [0.25, 0.3) is 0 Å². The highest BCUT2D eigenvalue weighted by molar-refractivity contribution is 5.07. The first kappa shape index (κ1) is 12.7. The van der Waals surface area contributed by atoms with E-state index in [-0.39, 0.29) is 0 Å². The molecule has 0 aliphatic carbocycles. The molecule has 1 atom stereocenters. The predicted molar refractivity (Wildman–Crippen MR) is 61.0 cm³/mol. The molecular formula is C12H25N. The zero-order chi connectivity index (χ0) is 10.6. The molecule has 13 heavy (non-hydrogen) atoms. The number of likely N-dealkylation sites (N-methyl/N-ethyl adjacent to an activating group) is 1. The third kappa shape index (κ3) is 3.51. The Morgan fingerprint density at radius 2 is 1.62 bits per heavy atom. The SMILES string of the molecule is C=C(C(C)C)C(C)N(CC)C(C)C. The van der Waals surface area contributed by atoms with Crippen molar-refractivity contribution in [2.75, 3.05) is 6.54 Å². The summed E-state index contributed by atoms with van der Waals surface area (Å²) in [6, 6.07) is 1.11. The average Bonchev–Trinajstić information content (AvgIpc) is 2.03. The summed E-state index contributed by atoms with van der Waals surface area (Å²) < 4.78 is 0. The fourth-order valence-electron chi connectivity index (χ4n) is 1.78. The highest BCUT2D eigenvalue weighted by Gasteiger charge is 2.18. The van der Waals surface area contributed by atoms with Crippen LogP contribution in [0.2, 0.25) is 0 Å². The van der Waals surface area contributed by atoms with Crippen molar-refractivity contribution in [3.8, 4) is 0 Å². The lowest BCUT2D eigenvalue weighted by Gasteiger charge is -2.34. The van der Waals surface area contributed by atoms with Crippen LogP contribution < -0.4 is 0 Å². The van der Waals surface area contributed by atoms with E-state index in [2.05, 4.69) is 53.0 Å². The fraction of sp³-hybridized carbons (Fsp3) is 0.833. The van der Waals surface area contributed by atoms with Gasteiger partial charge >= 0.3 is 0 Å². The minimum absolute atomic E-state index is 0.505. The molecule has 0 fully saturated rings. The Kier molecular flexibility index (Phi) is 5.31. The zero-order valence-corrected chi connectivity index (χ0v) is 10.1. The van der Waals surface area contributed by atoms with Crippen LogP contribution in [0.15, 0.2) is 12.2 Å². The summed E-state index contributed by atoms with van der Waals surface area (Å²) in [5.74, 6) is 0.586. The smallest absolute Gasteiger partial charge is 0.0281 e. The maximum atomic E-state index is 4.16. The van der Waals surface area contributed by atoms with Crippen LogP contribution in [0.4, 0.5) is 0 Å². The van der Waals surface area contributed by atoms with E-state index < -0.39 is 0 Å². The lowest BCUT2D eigenvalue weighted by Crippen LogP contribution is -2.40. The largest absolute Gasteiger partial charge is 0.295 e. The normalized spacial score (nSPS) is 14.2. The van der Waals surface area contributed by atoms with E-state index >= 15 is 0 Å². The van der Waals surface area contributed by atoms with Crippen LogP contribution in [0.1, 0.15) is 41.5 Å². The second-order valence-corrected chi connectivity index (χ2v) is 4.33. The van der Waals surface area contributed by atoms with Gasteiger partial charge in [0.2, 0.25) is 0 Å². The van der Waals surface area contributed by atoms with Gasteiger partial charge in [0, 0.05) is 12.1 Å². The summed E-state index contributed by atoms with van der Waals surface area (Å²) >= 11 is 0. The molecule has 0 radical (unpaired) electrons. The summed E-state index contributed by atoms with van der Waals surface area (Å²) in [4.78, 5) is 2.47. The Morgan fingerprint density at radius 1 is 1.15 bits per heavy atom. The van der Waals surface area contributed by atoms with E-state index in [0.29, 0.717) is 18.0 Å². The van der Waals surface area contributed by atoms with E-state index in [4.69, 9.17) is 0 Å². The van der Waals surface area contributed by atoms with Gasteiger partial charge in [-0.25, -0.2) is 0 Å². The molecule has 0 rings (SSSR count). The Hall–Kier alpha value is -0.300. The molecule has 0 saturated heterocycles. The van der Waals surface area contributed by atoms with Crippen molar-refractivity contribution in [2.45, 2.75) is 53.6 Å². The standard InChI is InChI=1S/C12H25N/c1-8-13(10(4)5)12(7)11(6)9(2)3/h9-10,12H,6,8H2,1-5,7H3. The highest BCUT2D eigenvalue weighted by Crippen LogP contribution is 2.18. The topological polar surface area (TPSA) is 3.24 Å². The minimum atomic E-state index is 0.505. The van der Waals surface area contributed by atoms with Crippen molar-refractivity contribution in [3.63, 3.8) is 0 Å². The zero-order valence-electron chi connectivity index (χ0n) is 10.1. The molecule has 0 heterocycles. The molecular weight excluding hydrogens is 158 g/mol.